The van der Waals surface area contributed by atoms with Gasteiger partial charge in [-0.05, 0) is 49.6 Å². The molecule has 0 fully saturated rings. The Bertz CT molecular complexity index is 662. The molecule has 0 saturated carbocycles. The number of allylic oxidation sites excluding steroid dienone is 1. The van der Waals surface area contributed by atoms with Gasteiger partial charge in [0.05, 0.1) is 12.1 Å². The van der Waals surface area contributed by atoms with E-state index in [1.807, 2.05) is 12.1 Å². The van der Waals surface area contributed by atoms with Gasteiger partial charge >= 0.3 is 0 Å². The van der Waals surface area contributed by atoms with Crippen LogP contribution in [0, 0.1) is 12.3 Å². The van der Waals surface area contributed by atoms with Crippen molar-refractivity contribution < 1.29 is 3.89 Å². The van der Waals surface area contributed by atoms with Gasteiger partial charge in [-0.3, -0.25) is 0 Å². The Morgan fingerprint density at radius 2 is 1.87 bits per heavy atom. The third-order valence-electron chi connectivity index (χ3n) is 4.18. The summed E-state index contributed by atoms with van der Waals surface area (Å²) in [7, 11) is 0. The van der Waals surface area contributed by atoms with Crippen LogP contribution in [0.2, 0.25) is 0 Å². The number of hydrogen-bond donors (Lipinski definition) is 1. The number of nitrogens with one attached hydrogen (secondary N) is 1. The van der Waals surface area contributed by atoms with Crippen LogP contribution in [0.15, 0.2) is 65.7 Å². The molecule has 0 saturated heterocycles. The highest BCUT2D eigenvalue weighted by Gasteiger charge is 2.22. The van der Waals surface area contributed by atoms with Gasteiger partial charge in [0.25, 0.3) is 0 Å². The highest BCUT2D eigenvalue weighted by atomic mass is 32.2. The van der Waals surface area contributed by atoms with Crippen LogP contribution in [0.25, 0.3) is 0 Å². The lowest BCUT2D eigenvalue weighted by molar-refractivity contribution is 0.412. The fourth-order valence-electron chi connectivity index (χ4n) is 2.41. The third-order valence-corrected chi connectivity index (χ3v) is 4.63. The largest absolute Gasteiger partial charge is 0.359 e. The zero-order valence-electron chi connectivity index (χ0n) is 14.0. The van der Waals surface area contributed by atoms with Crippen LogP contribution in [0.3, 0.4) is 0 Å². The number of aryl methyl sites for hydroxylation is 2. The molecule has 0 bridgehead atoms. The molecular weight excluding hydrogens is 305 g/mol. The van der Waals surface area contributed by atoms with E-state index in [9.17, 15) is 3.89 Å². The van der Waals surface area contributed by atoms with Crippen molar-refractivity contribution in [2.75, 3.05) is 5.32 Å². The zero-order chi connectivity index (χ0) is 16.9. The predicted molar refractivity (Wildman–Crippen MR) is 99.5 cm³/mol. The van der Waals surface area contributed by atoms with Crippen molar-refractivity contribution in [2.45, 2.75) is 38.5 Å². The predicted octanol–water partition coefficient (Wildman–Crippen LogP) is 6.56. The van der Waals surface area contributed by atoms with Gasteiger partial charge in [-0.15, -0.1) is 0 Å². The number of hydrogen-bond acceptors (Lipinski definition) is 2. The van der Waals surface area contributed by atoms with Gasteiger partial charge in [-0.2, -0.15) is 3.89 Å². The second-order valence-electron chi connectivity index (χ2n) is 6.58. The van der Waals surface area contributed by atoms with Crippen molar-refractivity contribution in [3.63, 3.8) is 0 Å². The quantitative estimate of drug-likeness (QED) is 0.617. The van der Waals surface area contributed by atoms with Crippen LogP contribution in [0.5, 0.6) is 0 Å². The minimum atomic E-state index is -0.0305. The van der Waals surface area contributed by atoms with Gasteiger partial charge in [0.15, 0.2) is 0 Å². The van der Waals surface area contributed by atoms with Gasteiger partial charge in [-0.1, -0.05) is 50.3 Å². The summed E-state index contributed by atoms with van der Waals surface area (Å²) in [5.41, 5.74) is 4.54. The molecule has 122 valence electrons. The number of anilines is 1. The molecule has 0 aliphatic carbocycles. The monoisotopic (exact) mass is 329 g/mol. The van der Waals surface area contributed by atoms with Crippen LogP contribution < -0.4 is 5.32 Å². The zero-order valence-corrected chi connectivity index (χ0v) is 14.8. The first-order chi connectivity index (χ1) is 10.9. The van der Waals surface area contributed by atoms with Crippen LogP contribution in [-0.4, -0.2) is 0 Å². The molecular formula is C20H24FNS. The molecule has 0 unspecified atom stereocenters. The lowest BCUT2D eigenvalue weighted by Crippen LogP contribution is -2.20. The fourth-order valence-corrected chi connectivity index (χ4v) is 2.65. The summed E-state index contributed by atoms with van der Waals surface area (Å²) in [5.74, 6) is 0. The van der Waals surface area contributed by atoms with Crippen molar-refractivity contribution in [1.29, 1.82) is 0 Å². The molecule has 23 heavy (non-hydrogen) atoms. The molecule has 1 N–H and O–H groups in total. The first-order valence-electron chi connectivity index (χ1n) is 7.81. The Balaban J connectivity index is 1.95. The van der Waals surface area contributed by atoms with Crippen molar-refractivity contribution in [2.24, 2.45) is 5.41 Å². The maximum absolute atomic E-state index is 12.5. The van der Waals surface area contributed by atoms with Crippen molar-refractivity contribution in [1.82, 2.24) is 0 Å². The summed E-state index contributed by atoms with van der Waals surface area (Å²) < 4.78 is 12.5. The Morgan fingerprint density at radius 1 is 1.17 bits per heavy atom. The van der Waals surface area contributed by atoms with Gasteiger partial charge < -0.3 is 5.32 Å². The lowest BCUT2D eigenvalue weighted by atomic mass is 9.83. The van der Waals surface area contributed by atoms with E-state index in [0.29, 0.717) is 4.90 Å². The normalized spacial score (nSPS) is 11.3. The summed E-state index contributed by atoms with van der Waals surface area (Å²) in [6, 6.07) is 15.9. The van der Waals surface area contributed by atoms with Crippen molar-refractivity contribution in [3.8, 4) is 0 Å². The minimum Gasteiger partial charge on any atom is -0.359 e. The summed E-state index contributed by atoms with van der Waals surface area (Å²) >= 11 is 0.259. The summed E-state index contributed by atoms with van der Waals surface area (Å²) in [4.78, 5) is 0.611. The highest BCUT2D eigenvalue weighted by molar-refractivity contribution is 7.94. The van der Waals surface area contributed by atoms with Crippen molar-refractivity contribution in [3.05, 3.63) is 71.9 Å². The molecule has 0 amide bonds. The smallest absolute Gasteiger partial charge is 0.0812 e. The molecule has 0 aliphatic rings. The standard InChI is InChI=1S/C20H24FNS/c1-15-6-5-7-17(14-15)12-13-20(3,4)16(2)22-18-8-10-19(23-21)11-9-18/h5-11,14,22H,2,12-13H2,1,3-4H3. The topological polar surface area (TPSA) is 12.0 Å². The number of benzene rings is 2. The summed E-state index contributed by atoms with van der Waals surface area (Å²) in [5, 5.41) is 3.35. The Kier molecular flexibility index (Phi) is 5.89. The Morgan fingerprint density at radius 3 is 2.48 bits per heavy atom. The molecule has 0 aromatic heterocycles. The molecule has 0 aliphatic heterocycles. The fraction of sp³-hybridized carbons (Fsp3) is 0.300. The summed E-state index contributed by atoms with van der Waals surface area (Å²) in [6.45, 7) is 10.7. The van der Waals surface area contributed by atoms with E-state index in [1.54, 1.807) is 12.1 Å². The third kappa shape index (κ3) is 5.14. The van der Waals surface area contributed by atoms with Gasteiger partial charge in [-0.25, -0.2) is 0 Å². The molecule has 2 aromatic carbocycles. The molecule has 3 heteroatoms. The lowest BCUT2D eigenvalue weighted by Gasteiger charge is -2.28. The van der Waals surface area contributed by atoms with E-state index >= 15 is 0 Å². The molecule has 2 rings (SSSR count). The van der Waals surface area contributed by atoms with E-state index in [0.717, 1.165) is 24.2 Å². The minimum absolute atomic E-state index is 0.0305. The number of rotatable bonds is 7. The molecule has 1 nitrogen and oxygen atoms in total. The molecule has 2 aromatic rings. The van der Waals surface area contributed by atoms with Gasteiger partial charge in [0.1, 0.15) is 0 Å². The Labute approximate surface area is 143 Å². The maximum Gasteiger partial charge on any atom is 0.0812 e. The second kappa shape index (κ2) is 7.69. The molecule has 0 heterocycles. The van der Waals surface area contributed by atoms with E-state index in [1.165, 1.54) is 11.1 Å². The van der Waals surface area contributed by atoms with Gasteiger partial charge in [0, 0.05) is 21.7 Å². The highest BCUT2D eigenvalue weighted by Crippen LogP contribution is 2.32. The Hall–Kier alpha value is -1.74. The summed E-state index contributed by atoms with van der Waals surface area (Å²) in [6.07, 6.45) is 2.04. The maximum atomic E-state index is 12.5. The molecule has 0 spiro atoms. The first kappa shape index (κ1) is 17.6. The van der Waals surface area contributed by atoms with Crippen LogP contribution in [-0.2, 0) is 6.42 Å². The average Bonchev–Trinajstić information content (AvgIpc) is 2.54. The average molecular weight is 329 g/mol. The van der Waals surface area contributed by atoms with Crippen LogP contribution >= 0.6 is 12.1 Å². The van der Waals surface area contributed by atoms with Crippen molar-refractivity contribution >= 4 is 17.8 Å². The first-order valence-corrected chi connectivity index (χ1v) is 8.53. The SMILES string of the molecule is C=C(Nc1ccc(SF)cc1)C(C)(C)CCc1cccc(C)c1. The molecule has 0 radical (unpaired) electrons. The van der Waals surface area contributed by atoms with E-state index < -0.39 is 0 Å². The van der Waals surface area contributed by atoms with Crippen LogP contribution in [0.4, 0.5) is 9.57 Å². The number of halogens is 1. The second-order valence-corrected chi connectivity index (χ2v) is 7.20. The van der Waals surface area contributed by atoms with Gasteiger partial charge in [0.2, 0.25) is 0 Å². The molecule has 0 atom stereocenters. The van der Waals surface area contributed by atoms with E-state index in [4.69, 9.17) is 0 Å². The van der Waals surface area contributed by atoms with E-state index in [-0.39, 0.29) is 17.6 Å². The van der Waals surface area contributed by atoms with Crippen LogP contribution in [0.1, 0.15) is 31.4 Å². The van der Waals surface area contributed by atoms with E-state index in [2.05, 4.69) is 56.9 Å².